The molecule has 2 aromatic heterocycles. The number of thiazole rings is 1. The minimum atomic E-state index is -1.00. The maximum atomic E-state index is 11.1. The molecule has 7 heteroatoms. The van der Waals surface area contributed by atoms with Gasteiger partial charge < -0.3 is 5.11 Å². The molecular formula is C11H12N4O2S. The lowest BCUT2D eigenvalue weighted by molar-refractivity contribution is 0.0689. The molecule has 0 aliphatic heterocycles. The van der Waals surface area contributed by atoms with Gasteiger partial charge in [-0.25, -0.2) is 14.5 Å². The first kappa shape index (κ1) is 11.3. The monoisotopic (exact) mass is 264 g/mol. The Morgan fingerprint density at radius 3 is 2.94 bits per heavy atom. The van der Waals surface area contributed by atoms with Crippen LogP contribution in [-0.4, -0.2) is 31.1 Å². The van der Waals surface area contributed by atoms with Crippen LogP contribution in [0.5, 0.6) is 0 Å². The Labute approximate surface area is 107 Å². The van der Waals surface area contributed by atoms with Crippen LogP contribution in [0.2, 0.25) is 0 Å². The van der Waals surface area contributed by atoms with E-state index in [-0.39, 0.29) is 5.69 Å². The van der Waals surface area contributed by atoms with Crippen molar-refractivity contribution in [3.05, 3.63) is 27.5 Å². The highest BCUT2D eigenvalue weighted by atomic mass is 32.1. The summed E-state index contributed by atoms with van der Waals surface area (Å²) in [6.07, 6.45) is 2.04. The van der Waals surface area contributed by atoms with E-state index in [0.717, 1.165) is 29.2 Å². The van der Waals surface area contributed by atoms with Gasteiger partial charge in [-0.3, -0.25) is 0 Å². The number of aromatic nitrogens is 4. The van der Waals surface area contributed by atoms with Crippen LogP contribution in [-0.2, 0) is 6.54 Å². The van der Waals surface area contributed by atoms with Gasteiger partial charge in [-0.1, -0.05) is 5.21 Å². The Morgan fingerprint density at radius 1 is 1.61 bits per heavy atom. The quantitative estimate of drug-likeness (QED) is 0.908. The van der Waals surface area contributed by atoms with E-state index in [4.69, 9.17) is 5.11 Å². The van der Waals surface area contributed by atoms with Crippen molar-refractivity contribution in [3.8, 4) is 0 Å². The second kappa shape index (κ2) is 4.16. The van der Waals surface area contributed by atoms with Crippen molar-refractivity contribution in [1.82, 2.24) is 20.0 Å². The maximum Gasteiger partial charge on any atom is 0.358 e. The van der Waals surface area contributed by atoms with E-state index in [1.165, 1.54) is 0 Å². The Morgan fingerprint density at radius 2 is 2.39 bits per heavy atom. The normalized spacial score (nSPS) is 14.9. The SMILES string of the molecule is Cc1csc(Cn2nnc(C(=O)O)c2C2CC2)n1. The number of nitrogens with zero attached hydrogens (tertiary/aromatic N) is 4. The van der Waals surface area contributed by atoms with Crippen LogP contribution in [0.25, 0.3) is 0 Å². The molecule has 1 aliphatic carbocycles. The number of hydrogen-bond acceptors (Lipinski definition) is 5. The standard InChI is InChI=1S/C11H12N4O2S/c1-6-5-18-8(12-6)4-15-10(7-2-3-7)9(11(16)17)13-14-15/h5,7H,2-4H2,1H3,(H,16,17). The highest BCUT2D eigenvalue weighted by Gasteiger charge is 2.33. The second-order valence-electron chi connectivity index (χ2n) is 4.44. The third kappa shape index (κ3) is 2.01. The molecule has 0 atom stereocenters. The molecule has 0 amide bonds. The van der Waals surface area contributed by atoms with Gasteiger partial charge in [-0.15, -0.1) is 16.4 Å². The first-order chi connectivity index (χ1) is 8.65. The van der Waals surface area contributed by atoms with Crippen LogP contribution in [0.15, 0.2) is 5.38 Å². The predicted octanol–water partition coefficient (Wildman–Crippen LogP) is 1.67. The summed E-state index contributed by atoms with van der Waals surface area (Å²) in [4.78, 5) is 15.5. The van der Waals surface area contributed by atoms with Crippen LogP contribution < -0.4 is 0 Å². The van der Waals surface area contributed by atoms with E-state index in [1.807, 2.05) is 12.3 Å². The van der Waals surface area contributed by atoms with Gasteiger partial charge in [0.05, 0.1) is 12.2 Å². The second-order valence-corrected chi connectivity index (χ2v) is 5.39. The molecule has 0 radical (unpaired) electrons. The van der Waals surface area contributed by atoms with Crippen molar-refractivity contribution in [3.63, 3.8) is 0 Å². The smallest absolute Gasteiger partial charge is 0.358 e. The zero-order valence-electron chi connectivity index (χ0n) is 9.83. The number of carbonyl (C=O) groups is 1. The summed E-state index contributed by atoms with van der Waals surface area (Å²) in [6.45, 7) is 2.44. The highest BCUT2D eigenvalue weighted by Crippen LogP contribution is 2.41. The van der Waals surface area contributed by atoms with Crippen molar-refractivity contribution in [2.75, 3.05) is 0 Å². The van der Waals surface area contributed by atoms with E-state index in [0.29, 0.717) is 12.5 Å². The first-order valence-corrected chi connectivity index (χ1v) is 6.61. The number of carboxylic acids is 1. The van der Waals surface area contributed by atoms with Gasteiger partial charge in [0.2, 0.25) is 0 Å². The van der Waals surface area contributed by atoms with Gasteiger partial charge in [-0.05, 0) is 19.8 Å². The van der Waals surface area contributed by atoms with E-state index >= 15 is 0 Å². The average Bonchev–Trinajstić information content (AvgIpc) is 2.94. The molecule has 2 aromatic rings. The third-order valence-electron chi connectivity index (χ3n) is 2.89. The fraction of sp³-hybridized carbons (Fsp3) is 0.455. The van der Waals surface area contributed by atoms with Crippen LogP contribution in [0.3, 0.4) is 0 Å². The number of carboxylic acid groups (broad SMARTS) is 1. The number of rotatable bonds is 4. The molecular weight excluding hydrogens is 252 g/mol. The zero-order chi connectivity index (χ0) is 12.7. The molecule has 1 aliphatic rings. The largest absolute Gasteiger partial charge is 0.476 e. The Bertz CT molecular complexity index is 600. The van der Waals surface area contributed by atoms with Crippen LogP contribution in [0.4, 0.5) is 0 Å². The van der Waals surface area contributed by atoms with E-state index < -0.39 is 5.97 Å². The molecule has 6 nitrogen and oxygen atoms in total. The average molecular weight is 264 g/mol. The molecule has 0 unspecified atom stereocenters. The van der Waals surface area contributed by atoms with Gasteiger partial charge >= 0.3 is 5.97 Å². The van der Waals surface area contributed by atoms with E-state index in [2.05, 4.69) is 15.3 Å². The minimum absolute atomic E-state index is 0.0887. The molecule has 0 bridgehead atoms. The lowest BCUT2D eigenvalue weighted by atomic mass is 10.2. The summed E-state index contributed by atoms with van der Waals surface area (Å²) in [7, 11) is 0. The molecule has 18 heavy (non-hydrogen) atoms. The van der Waals surface area contributed by atoms with E-state index in [9.17, 15) is 4.79 Å². The molecule has 0 saturated heterocycles. The first-order valence-electron chi connectivity index (χ1n) is 5.73. The molecule has 3 rings (SSSR count). The predicted molar refractivity (Wildman–Crippen MR) is 64.9 cm³/mol. The van der Waals surface area contributed by atoms with Crippen molar-refractivity contribution in [1.29, 1.82) is 0 Å². The summed E-state index contributed by atoms with van der Waals surface area (Å²) in [5.74, 6) is -0.703. The Balaban J connectivity index is 1.94. The van der Waals surface area contributed by atoms with Gasteiger partial charge in [0.25, 0.3) is 0 Å². The molecule has 2 heterocycles. The topological polar surface area (TPSA) is 80.9 Å². The molecule has 94 valence electrons. The molecule has 1 saturated carbocycles. The van der Waals surface area contributed by atoms with Crippen LogP contribution in [0.1, 0.15) is 45.6 Å². The summed E-state index contributed by atoms with van der Waals surface area (Å²) in [6, 6.07) is 0. The van der Waals surface area contributed by atoms with Crippen molar-refractivity contribution < 1.29 is 9.90 Å². The fourth-order valence-electron chi connectivity index (χ4n) is 1.95. The highest BCUT2D eigenvalue weighted by molar-refractivity contribution is 7.09. The third-order valence-corrected chi connectivity index (χ3v) is 3.84. The number of aryl methyl sites for hydroxylation is 1. The molecule has 0 spiro atoms. The van der Waals surface area contributed by atoms with E-state index in [1.54, 1.807) is 16.0 Å². The lowest BCUT2D eigenvalue weighted by Gasteiger charge is -2.03. The lowest BCUT2D eigenvalue weighted by Crippen LogP contribution is -2.08. The van der Waals surface area contributed by atoms with Gasteiger partial charge in [0.1, 0.15) is 5.01 Å². The van der Waals surface area contributed by atoms with Gasteiger partial charge in [0, 0.05) is 17.0 Å². The Hall–Kier alpha value is -1.76. The molecule has 1 fully saturated rings. The zero-order valence-corrected chi connectivity index (χ0v) is 10.6. The fourth-order valence-corrected chi connectivity index (χ4v) is 2.71. The maximum absolute atomic E-state index is 11.1. The van der Waals surface area contributed by atoms with Crippen molar-refractivity contribution >= 4 is 17.3 Å². The number of hydrogen-bond donors (Lipinski definition) is 1. The number of aromatic carboxylic acids is 1. The van der Waals surface area contributed by atoms with Crippen molar-refractivity contribution in [2.45, 2.75) is 32.2 Å². The minimum Gasteiger partial charge on any atom is -0.476 e. The Kier molecular flexibility index (Phi) is 2.62. The van der Waals surface area contributed by atoms with Gasteiger partial charge in [0.15, 0.2) is 5.69 Å². The summed E-state index contributed by atoms with van der Waals surface area (Å²) >= 11 is 1.56. The summed E-state index contributed by atoms with van der Waals surface area (Å²) in [5.41, 5.74) is 1.81. The summed E-state index contributed by atoms with van der Waals surface area (Å²) in [5, 5.41) is 19.7. The van der Waals surface area contributed by atoms with Crippen molar-refractivity contribution in [2.24, 2.45) is 0 Å². The molecule has 1 N–H and O–H groups in total. The molecule has 0 aromatic carbocycles. The van der Waals surface area contributed by atoms with Gasteiger partial charge in [-0.2, -0.15) is 0 Å². The van der Waals surface area contributed by atoms with Crippen LogP contribution in [0, 0.1) is 6.92 Å². The summed E-state index contributed by atoms with van der Waals surface area (Å²) < 4.78 is 1.68. The van der Waals surface area contributed by atoms with Crippen LogP contribution >= 0.6 is 11.3 Å².